The summed E-state index contributed by atoms with van der Waals surface area (Å²) in [6.07, 6.45) is 1.50. The summed E-state index contributed by atoms with van der Waals surface area (Å²) in [5.41, 5.74) is 3.54. The summed E-state index contributed by atoms with van der Waals surface area (Å²) in [6, 6.07) is 12.9. The normalized spacial score (nSPS) is 15.3. The van der Waals surface area contributed by atoms with Crippen LogP contribution < -0.4 is 4.90 Å². The fourth-order valence-corrected chi connectivity index (χ4v) is 4.94. The van der Waals surface area contributed by atoms with E-state index in [4.69, 9.17) is 4.74 Å². The lowest BCUT2D eigenvalue weighted by molar-refractivity contribution is 0.122. The van der Waals surface area contributed by atoms with Crippen LogP contribution in [0.15, 0.2) is 58.5 Å². The maximum atomic E-state index is 13.5. The van der Waals surface area contributed by atoms with E-state index in [1.165, 1.54) is 6.20 Å². The van der Waals surface area contributed by atoms with Crippen molar-refractivity contribution in [3.05, 3.63) is 59.8 Å². The summed E-state index contributed by atoms with van der Waals surface area (Å²) >= 11 is 0. The van der Waals surface area contributed by atoms with Gasteiger partial charge in [0.05, 0.1) is 29.3 Å². The minimum atomic E-state index is -3.69. The molecule has 0 amide bonds. The van der Waals surface area contributed by atoms with Gasteiger partial charge in [-0.05, 0) is 43.2 Å². The molecule has 0 aliphatic carbocycles. The first kappa shape index (κ1) is 17.9. The van der Waals surface area contributed by atoms with Crippen molar-refractivity contribution in [1.29, 1.82) is 0 Å². The minimum absolute atomic E-state index is 0.256. The Morgan fingerprint density at radius 2 is 1.74 bits per heavy atom. The summed E-state index contributed by atoms with van der Waals surface area (Å²) < 4.78 is 32.5. The van der Waals surface area contributed by atoms with E-state index in [2.05, 4.69) is 9.88 Å². The number of benzene rings is 2. The van der Waals surface area contributed by atoms with E-state index in [9.17, 15) is 8.42 Å². The Hall–Kier alpha value is -2.44. The SMILES string of the molecule is Cc1ccc(S(=O)(=O)c2cnc3ccccc3c2N2CCOCC2)cc1C. The van der Waals surface area contributed by atoms with E-state index < -0.39 is 9.84 Å². The number of hydrogen-bond donors (Lipinski definition) is 0. The molecule has 2 heterocycles. The highest BCUT2D eigenvalue weighted by Gasteiger charge is 2.27. The number of nitrogens with zero attached hydrogens (tertiary/aromatic N) is 2. The quantitative estimate of drug-likeness (QED) is 0.694. The molecule has 140 valence electrons. The number of aromatic nitrogens is 1. The number of morpholine rings is 1. The van der Waals surface area contributed by atoms with Gasteiger partial charge in [-0.15, -0.1) is 0 Å². The molecule has 3 aromatic rings. The molecule has 6 heteroatoms. The second-order valence-corrected chi connectivity index (χ2v) is 8.76. The zero-order chi connectivity index (χ0) is 19.0. The van der Waals surface area contributed by atoms with Crippen LogP contribution in [0, 0.1) is 13.8 Å². The van der Waals surface area contributed by atoms with Crippen molar-refractivity contribution in [1.82, 2.24) is 4.98 Å². The number of rotatable bonds is 3. The lowest BCUT2D eigenvalue weighted by Gasteiger charge is -2.31. The van der Waals surface area contributed by atoms with Gasteiger partial charge in [-0.25, -0.2) is 8.42 Å². The summed E-state index contributed by atoms with van der Waals surface area (Å²) in [5.74, 6) is 0. The van der Waals surface area contributed by atoms with Gasteiger partial charge < -0.3 is 9.64 Å². The topological polar surface area (TPSA) is 59.5 Å². The summed E-state index contributed by atoms with van der Waals surface area (Å²) in [7, 11) is -3.69. The first-order valence-electron chi connectivity index (χ1n) is 9.01. The third kappa shape index (κ3) is 3.19. The highest BCUT2D eigenvalue weighted by molar-refractivity contribution is 7.91. The van der Waals surface area contributed by atoms with Crippen molar-refractivity contribution >= 4 is 26.4 Å². The van der Waals surface area contributed by atoms with Gasteiger partial charge in [0.15, 0.2) is 0 Å². The smallest absolute Gasteiger partial charge is 0.210 e. The molecule has 1 aliphatic heterocycles. The largest absolute Gasteiger partial charge is 0.378 e. The molecular formula is C21H22N2O3S. The third-order valence-corrected chi connectivity index (χ3v) is 6.87. The molecule has 1 aliphatic rings. The number of para-hydroxylation sites is 1. The standard InChI is InChI=1S/C21H22N2O3S/c1-15-7-8-17(13-16(15)2)27(24,25)20-14-22-19-6-4-3-5-18(19)21(20)23-9-11-26-12-10-23/h3-8,13-14H,9-12H2,1-2H3. The van der Waals surface area contributed by atoms with Crippen LogP contribution in [0.25, 0.3) is 10.9 Å². The number of aryl methyl sites for hydroxylation is 2. The van der Waals surface area contributed by atoms with Gasteiger partial charge in [-0.3, -0.25) is 4.98 Å². The van der Waals surface area contributed by atoms with Crippen LogP contribution in [-0.2, 0) is 14.6 Å². The first-order chi connectivity index (χ1) is 13.0. The highest BCUT2D eigenvalue weighted by Crippen LogP contribution is 2.36. The van der Waals surface area contributed by atoms with Gasteiger partial charge >= 0.3 is 0 Å². The molecule has 4 rings (SSSR count). The average Bonchev–Trinajstić information content (AvgIpc) is 2.69. The van der Waals surface area contributed by atoms with Gasteiger partial charge in [-0.2, -0.15) is 0 Å². The Bertz CT molecular complexity index is 1100. The molecule has 2 aromatic carbocycles. The molecule has 0 spiro atoms. The van der Waals surface area contributed by atoms with Gasteiger partial charge in [0.25, 0.3) is 0 Å². The maximum absolute atomic E-state index is 13.5. The average molecular weight is 382 g/mol. The number of fused-ring (bicyclic) bond motifs is 1. The molecule has 5 nitrogen and oxygen atoms in total. The van der Waals surface area contributed by atoms with E-state index in [-0.39, 0.29) is 4.90 Å². The molecule has 0 N–H and O–H groups in total. The fraction of sp³-hybridized carbons (Fsp3) is 0.286. The number of ether oxygens (including phenoxy) is 1. The first-order valence-corrected chi connectivity index (χ1v) is 10.5. The van der Waals surface area contributed by atoms with Gasteiger partial charge in [-0.1, -0.05) is 24.3 Å². The molecule has 1 saturated heterocycles. The van der Waals surface area contributed by atoms with Crippen LogP contribution in [0.5, 0.6) is 0 Å². The second-order valence-electron chi connectivity index (χ2n) is 6.84. The van der Waals surface area contributed by atoms with Gasteiger partial charge in [0.1, 0.15) is 4.90 Å². The highest BCUT2D eigenvalue weighted by atomic mass is 32.2. The molecule has 27 heavy (non-hydrogen) atoms. The molecule has 0 bridgehead atoms. The van der Waals surface area contributed by atoms with E-state index in [1.54, 1.807) is 12.1 Å². The van der Waals surface area contributed by atoms with Crippen LogP contribution in [-0.4, -0.2) is 39.7 Å². The van der Waals surface area contributed by atoms with Crippen LogP contribution in [0.4, 0.5) is 5.69 Å². The van der Waals surface area contributed by atoms with Crippen molar-refractivity contribution in [2.24, 2.45) is 0 Å². The molecule has 0 radical (unpaired) electrons. The molecule has 0 saturated carbocycles. The van der Waals surface area contributed by atoms with E-state index in [0.717, 1.165) is 27.7 Å². The minimum Gasteiger partial charge on any atom is -0.378 e. The third-order valence-electron chi connectivity index (χ3n) is 5.12. The Morgan fingerprint density at radius 3 is 2.48 bits per heavy atom. The van der Waals surface area contributed by atoms with Crippen molar-refractivity contribution in [2.75, 3.05) is 31.2 Å². The number of hydrogen-bond acceptors (Lipinski definition) is 5. The zero-order valence-corrected chi connectivity index (χ0v) is 16.3. The van der Waals surface area contributed by atoms with E-state index in [1.807, 2.05) is 44.2 Å². The van der Waals surface area contributed by atoms with Crippen LogP contribution >= 0.6 is 0 Å². The summed E-state index contributed by atoms with van der Waals surface area (Å²) in [6.45, 7) is 6.38. The lowest BCUT2D eigenvalue weighted by atomic mass is 10.1. The van der Waals surface area contributed by atoms with Crippen molar-refractivity contribution < 1.29 is 13.2 Å². The van der Waals surface area contributed by atoms with Gasteiger partial charge in [0, 0.05) is 24.7 Å². The predicted octanol–water partition coefficient (Wildman–Crippen LogP) is 3.52. The number of anilines is 1. The van der Waals surface area contributed by atoms with Crippen molar-refractivity contribution in [3.8, 4) is 0 Å². The van der Waals surface area contributed by atoms with Crippen molar-refractivity contribution in [3.63, 3.8) is 0 Å². The summed E-state index contributed by atoms with van der Waals surface area (Å²) in [4.78, 5) is 7.09. The Morgan fingerprint density at radius 1 is 1.00 bits per heavy atom. The molecular weight excluding hydrogens is 360 g/mol. The second kappa shape index (κ2) is 6.94. The molecule has 1 fully saturated rings. The summed E-state index contributed by atoms with van der Waals surface area (Å²) in [5, 5.41) is 0.851. The zero-order valence-electron chi connectivity index (χ0n) is 15.5. The maximum Gasteiger partial charge on any atom is 0.210 e. The van der Waals surface area contributed by atoms with E-state index in [0.29, 0.717) is 31.2 Å². The number of sulfone groups is 1. The monoisotopic (exact) mass is 382 g/mol. The van der Waals surface area contributed by atoms with E-state index >= 15 is 0 Å². The Labute approximate surface area is 159 Å². The number of pyridine rings is 1. The van der Waals surface area contributed by atoms with Crippen molar-refractivity contribution in [2.45, 2.75) is 23.6 Å². The van der Waals surface area contributed by atoms with Gasteiger partial charge in [0.2, 0.25) is 9.84 Å². The Balaban J connectivity index is 1.96. The lowest BCUT2D eigenvalue weighted by Crippen LogP contribution is -2.37. The van der Waals surface area contributed by atoms with Crippen LogP contribution in [0.2, 0.25) is 0 Å². The predicted molar refractivity (Wildman–Crippen MR) is 106 cm³/mol. The van der Waals surface area contributed by atoms with Crippen LogP contribution in [0.1, 0.15) is 11.1 Å². The molecule has 1 aromatic heterocycles. The fourth-order valence-electron chi connectivity index (χ4n) is 3.43. The molecule has 0 atom stereocenters. The Kier molecular flexibility index (Phi) is 4.61. The molecule has 0 unspecified atom stereocenters. The van der Waals surface area contributed by atoms with Crippen LogP contribution in [0.3, 0.4) is 0 Å².